The Bertz CT molecular complexity index is 1040. The van der Waals surface area contributed by atoms with Gasteiger partial charge in [0.1, 0.15) is 4.83 Å². The predicted octanol–water partition coefficient (Wildman–Crippen LogP) is 3.29. The highest BCUT2D eigenvalue weighted by atomic mass is 32.1. The van der Waals surface area contributed by atoms with Crippen LogP contribution < -0.4 is 15.0 Å². The maximum Gasteiger partial charge on any atom is 0.344 e. The summed E-state index contributed by atoms with van der Waals surface area (Å²) >= 11 is 1.44. The highest BCUT2D eigenvalue weighted by Crippen LogP contribution is 2.27. The van der Waals surface area contributed by atoms with E-state index in [-0.39, 0.29) is 12.2 Å². The smallest absolute Gasteiger partial charge is 0.344 e. The third kappa shape index (κ3) is 3.95. The first-order valence-corrected chi connectivity index (χ1v) is 9.17. The number of rotatable bonds is 6. The van der Waals surface area contributed by atoms with Gasteiger partial charge in [0.25, 0.3) is 5.56 Å². The number of thiophene rings is 1. The second-order valence-electron chi connectivity index (χ2n) is 5.99. The van der Waals surface area contributed by atoms with Crippen LogP contribution in [0.25, 0.3) is 10.2 Å². The number of hydrogen-bond donors (Lipinski definition) is 1. The van der Waals surface area contributed by atoms with Gasteiger partial charge in [-0.3, -0.25) is 4.79 Å². The number of aryl methyl sites for hydroxylation is 2. The van der Waals surface area contributed by atoms with Gasteiger partial charge in [0.2, 0.25) is 0 Å². The fourth-order valence-corrected chi connectivity index (χ4v) is 3.66. The first kappa shape index (κ1) is 18.9. The van der Waals surface area contributed by atoms with Crippen LogP contribution in [0.4, 0.5) is 0 Å². The number of benzene rings is 1. The van der Waals surface area contributed by atoms with E-state index in [1.165, 1.54) is 18.4 Å². The Kier molecular flexibility index (Phi) is 5.46. The second-order valence-corrected chi connectivity index (χ2v) is 7.19. The Morgan fingerprint density at radius 2 is 1.96 bits per heavy atom. The van der Waals surface area contributed by atoms with Crippen LogP contribution in [0.3, 0.4) is 0 Å². The number of nitrogens with one attached hydrogen (secondary N) is 1. The fraction of sp³-hybridized carbons (Fsp3) is 0.316. The lowest BCUT2D eigenvalue weighted by Gasteiger charge is -2.14. The topological polar surface area (TPSA) is 90.5 Å². The second kappa shape index (κ2) is 7.79. The zero-order valence-electron chi connectivity index (χ0n) is 15.5. The monoisotopic (exact) mass is 388 g/mol. The van der Waals surface area contributed by atoms with Crippen LogP contribution in [0.2, 0.25) is 0 Å². The van der Waals surface area contributed by atoms with Crippen molar-refractivity contribution >= 4 is 27.5 Å². The SMILES string of the molecule is COc1ccccc1OCC(=O)O[C@H](C)c1nc2sc(C)c(C)c2c(=O)[nH]1. The molecule has 0 saturated carbocycles. The van der Waals surface area contributed by atoms with Gasteiger partial charge in [-0.05, 0) is 38.5 Å². The summed E-state index contributed by atoms with van der Waals surface area (Å²) in [6.07, 6.45) is -0.710. The molecule has 0 fully saturated rings. The van der Waals surface area contributed by atoms with E-state index in [0.29, 0.717) is 27.5 Å². The maximum absolute atomic E-state index is 12.3. The summed E-state index contributed by atoms with van der Waals surface area (Å²) in [6.45, 7) is 5.20. The molecule has 142 valence electrons. The van der Waals surface area contributed by atoms with Gasteiger partial charge in [0.05, 0.1) is 12.5 Å². The third-order valence-corrected chi connectivity index (χ3v) is 5.27. The van der Waals surface area contributed by atoms with Crippen LogP contribution in [0.15, 0.2) is 29.1 Å². The van der Waals surface area contributed by atoms with Crippen molar-refractivity contribution in [2.24, 2.45) is 0 Å². The van der Waals surface area contributed by atoms with E-state index in [9.17, 15) is 9.59 Å². The number of esters is 1. The minimum Gasteiger partial charge on any atom is -0.493 e. The molecule has 0 saturated heterocycles. The molecule has 1 aromatic carbocycles. The molecule has 7 nitrogen and oxygen atoms in total. The lowest BCUT2D eigenvalue weighted by Crippen LogP contribution is -2.20. The molecular formula is C19H20N2O5S. The molecule has 1 N–H and O–H groups in total. The molecule has 2 aromatic heterocycles. The van der Waals surface area contributed by atoms with Crippen LogP contribution in [0, 0.1) is 13.8 Å². The van der Waals surface area contributed by atoms with Crippen LogP contribution in [0.5, 0.6) is 11.5 Å². The van der Waals surface area contributed by atoms with E-state index in [2.05, 4.69) is 9.97 Å². The lowest BCUT2D eigenvalue weighted by atomic mass is 10.2. The summed E-state index contributed by atoms with van der Waals surface area (Å²) in [5.41, 5.74) is 0.690. The van der Waals surface area contributed by atoms with Gasteiger partial charge < -0.3 is 19.2 Å². The number of ether oxygens (including phenoxy) is 3. The zero-order chi connectivity index (χ0) is 19.6. The normalized spacial score (nSPS) is 12.0. The number of aromatic nitrogens is 2. The number of hydrogen-bond acceptors (Lipinski definition) is 7. The number of carbonyl (C=O) groups excluding carboxylic acids is 1. The Morgan fingerprint density at radius 1 is 1.26 bits per heavy atom. The number of H-pyrrole nitrogens is 1. The van der Waals surface area contributed by atoms with Crippen molar-refractivity contribution in [3.05, 3.63) is 50.9 Å². The Labute approximate surface area is 159 Å². The molecule has 0 radical (unpaired) electrons. The molecule has 0 spiro atoms. The van der Waals surface area contributed by atoms with E-state index in [1.807, 2.05) is 13.8 Å². The van der Waals surface area contributed by atoms with Gasteiger partial charge in [0.15, 0.2) is 30.0 Å². The molecule has 0 aliphatic carbocycles. The summed E-state index contributed by atoms with van der Waals surface area (Å²) < 4.78 is 16.0. The molecule has 0 amide bonds. The summed E-state index contributed by atoms with van der Waals surface area (Å²) in [5.74, 6) is 0.703. The molecule has 3 aromatic rings. The number of carbonyl (C=O) groups is 1. The summed E-state index contributed by atoms with van der Waals surface area (Å²) in [4.78, 5) is 33.3. The van der Waals surface area contributed by atoms with Crippen LogP contribution in [-0.2, 0) is 9.53 Å². The van der Waals surface area contributed by atoms with Crippen molar-refractivity contribution in [3.8, 4) is 11.5 Å². The van der Waals surface area contributed by atoms with Gasteiger partial charge in [-0.15, -0.1) is 11.3 Å². The molecular weight excluding hydrogens is 368 g/mol. The Balaban J connectivity index is 1.69. The molecule has 0 aliphatic heterocycles. The van der Waals surface area contributed by atoms with E-state index in [1.54, 1.807) is 31.2 Å². The number of nitrogens with zero attached hydrogens (tertiary/aromatic N) is 1. The molecule has 2 heterocycles. The van der Waals surface area contributed by atoms with Gasteiger partial charge in [-0.2, -0.15) is 0 Å². The van der Waals surface area contributed by atoms with E-state index in [4.69, 9.17) is 14.2 Å². The molecule has 1 atom stereocenters. The van der Waals surface area contributed by atoms with Crippen LogP contribution in [-0.4, -0.2) is 29.7 Å². The number of aromatic amines is 1. The first-order valence-electron chi connectivity index (χ1n) is 8.36. The van der Waals surface area contributed by atoms with Crippen molar-refractivity contribution in [1.82, 2.24) is 9.97 Å². The quantitative estimate of drug-likeness (QED) is 0.652. The minimum absolute atomic E-state index is 0.231. The van der Waals surface area contributed by atoms with Gasteiger partial charge in [0, 0.05) is 4.88 Å². The highest BCUT2D eigenvalue weighted by Gasteiger charge is 2.18. The van der Waals surface area contributed by atoms with Crippen molar-refractivity contribution in [2.75, 3.05) is 13.7 Å². The van der Waals surface area contributed by atoms with Gasteiger partial charge >= 0.3 is 5.97 Å². The molecule has 0 unspecified atom stereocenters. The first-order chi connectivity index (χ1) is 12.9. The van der Waals surface area contributed by atoms with Crippen molar-refractivity contribution < 1.29 is 19.0 Å². The maximum atomic E-state index is 12.3. The number of para-hydroxylation sites is 2. The lowest BCUT2D eigenvalue weighted by molar-refractivity contribution is -0.151. The number of fused-ring (bicyclic) bond motifs is 1. The van der Waals surface area contributed by atoms with E-state index < -0.39 is 12.1 Å². The van der Waals surface area contributed by atoms with Gasteiger partial charge in [-0.1, -0.05) is 12.1 Å². The van der Waals surface area contributed by atoms with Gasteiger partial charge in [-0.25, -0.2) is 9.78 Å². The zero-order valence-corrected chi connectivity index (χ0v) is 16.3. The summed E-state index contributed by atoms with van der Waals surface area (Å²) in [7, 11) is 1.52. The molecule has 27 heavy (non-hydrogen) atoms. The van der Waals surface area contributed by atoms with E-state index >= 15 is 0 Å². The minimum atomic E-state index is -0.710. The van der Waals surface area contributed by atoms with Crippen molar-refractivity contribution in [3.63, 3.8) is 0 Å². The largest absolute Gasteiger partial charge is 0.493 e. The molecule has 0 bridgehead atoms. The molecule has 3 rings (SSSR count). The standard InChI is InChI=1S/C19H20N2O5S/c1-10-12(3)27-19-16(10)18(23)20-17(21-19)11(2)26-15(22)9-25-14-8-6-5-7-13(14)24-4/h5-8,11H,9H2,1-4H3,(H,20,21,23)/t11-/m1/s1. The van der Waals surface area contributed by atoms with E-state index in [0.717, 1.165) is 10.4 Å². The fourth-order valence-electron chi connectivity index (χ4n) is 2.63. The molecule has 8 heteroatoms. The van der Waals surface area contributed by atoms with Crippen molar-refractivity contribution in [1.29, 1.82) is 0 Å². The highest BCUT2D eigenvalue weighted by molar-refractivity contribution is 7.18. The average Bonchev–Trinajstić information content (AvgIpc) is 2.94. The summed E-state index contributed by atoms with van der Waals surface area (Å²) in [6, 6.07) is 7.01. The number of methoxy groups -OCH3 is 1. The average molecular weight is 388 g/mol. The Morgan fingerprint density at radius 3 is 2.67 bits per heavy atom. The van der Waals surface area contributed by atoms with Crippen molar-refractivity contribution in [2.45, 2.75) is 26.9 Å². The van der Waals surface area contributed by atoms with Crippen LogP contribution >= 0.6 is 11.3 Å². The van der Waals surface area contributed by atoms with Crippen LogP contribution in [0.1, 0.15) is 29.3 Å². The summed E-state index contributed by atoms with van der Waals surface area (Å²) in [5, 5.41) is 0.583. The molecule has 0 aliphatic rings. The Hall–Kier alpha value is -2.87. The predicted molar refractivity (Wildman–Crippen MR) is 103 cm³/mol. The third-order valence-electron chi connectivity index (χ3n) is 4.17.